The van der Waals surface area contributed by atoms with Crippen molar-refractivity contribution < 1.29 is 0 Å². The molecule has 0 saturated carbocycles. The van der Waals surface area contributed by atoms with Crippen molar-refractivity contribution in [3.8, 4) is 0 Å². The zero-order chi connectivity index (χ0) is 13.5. The number of aromatic nitrogens is 1. The minimum atomic E-state index is 0.337. The highest BCUT2D eigenvalue weighted by Gasteiger charge is 2.23. The largest absolute Gasteiger partial charge is 0.399 e. The molecule has 3 nitrogen and oxygen atoms in total. The van der Waals surface area contributed by atoms with Gasteiger partial charge in [-0.3, -0.25) is 0 Å². The molecule has 4 rings (SSSR count). The highest BCUT2D eigenvalue weighted by molar-refractivity contribution is 7.17. The van der Waals surface area contributed by atoms with Crippen molar-refractivity contribution in [3.05, 3.63) is 53.0 Å². The van der Waals surface area contributed by atoms with Crippen LogP contribution >= 0.6 is 11.3 Å². The van der Waals surface area contributed by atoms with E-state index in [0.717, 1.165) is 24.3 Å². The highest BCUT2D eigenvalue weighted by Crippen LogP contribution is 2.36. The maximum atomic E-state index is 5.86. The van der Waals surface area contributed by atoms with E-state index in [1.807, 2.05) is 12.3 Å². The van der Waals surface area contributed by atoms with Gasteiger partial charge >= 0.3 is 0 Å². The monoisotopic (exact) mass is 281 g/mol. The van der Waals surface area contributed by atoms with Gasteiger partial charge in [-0.05, 0) is 53.6 Å². The lowest BCUT2D eigenvalue weighted by molar-refractivity contribution is 0.759. The van der Waals surface area contributed by atoms with Gasteiger partial charge in [-0.15, -0.1) is 11.3 Å². The number of nitrogens with two attached hydrogens (primary N) is 1. The minimum absolute atomic E-state index is 0.337. The average Bonchev–Trinajstić information content (AvgIpc) is 3.06. The normalized spacial score (nSPS) is 17.3. The van der Waals surface area contributed by atoms with E-state index in [1.54, 1.807) is 11.3 Å². The molecule has 1 atom stereocenters. The summed E-state index contributed by atoms with van der Waals surface area (Å²) in [6.07, 6.45) is 4.05. The Morgan fingerprint density at radius 2 is 2.20 bits per heavy atom. The van der Waals surface area contributed by atoms with Crippen LogP contribution in [0.1, 0.15) is 23.6 Å². The van der Waals surface area contributed by atoms with Gasteiger partial charge in [0.25, 0.3) is 0 Å². The number of nitrogens with zero attached hydrogens (tertiary/aromatic N) is 1. The molecular weight excluding hydrogens is 266 g/mol. The Morgan fingerprint density at radius 1 is 1.25 bits per heavy atom. The second kappa shape index (κ2) is 4.49. The number of benzene rings is 1. The Bertz CT molecular complexity index is 778. The van der Waals surface area contributed by atoms with Gasteiger partial charge in [-0.1, -0.05) is 6.07 Å². The average molecular weight is 281 g/mol. The standard InChI is InChI=1S/C16H15N3S/c17-11-2-3-12-10(9-11)1-4-14(12)19-16-13-6-8-20-15(13)5-7-18-16/h2-3,5-9,14H,1,4,17H2,(H,18,19). The smallest absolute Gasteiger partial charge is 0.135 e. The summed E-state index contributed by atoms with van der Waals surface area (Å²) in [7, 11) is 0. The van der Waals surface area contributed by atoms with E-state index in [2.05, 4.69) is 39.9 Å². The number of anilines is 2. The lowest BCUT2D eigenvalue weighted by Gasteiger charge is -2.15. The molecule has 2 aromatic heterocycles. The number of rotatable bonds is 2. The molecule has 1 aliphatic rings. The maximum absolute atomic E-state index is 5.86. The fourth-order valence-electron chi connectivity index (χ4n) is 2.96. The molecule has 1 unspecified atom stereocenters. The number of thiophene rings is 1. The predicted octanol–water partition coefficient (Wildman–Crippen LogP) is 3.98. The van der Waals surface area contributed by atoms with Gasteiger partial charge in [0.05, 0.1) is 6.04 Å². The molecule has 0 bridgehead atoms. The van der Waals surface area contributed by atoms with E-state index in [4.69, 9.17) is 5.73 Å². The number of nitrogens with one attached hydrogen (secondary N) is 1. The van der Waals surface area contributed by atoms with E-state index in [1.165, 1.54) is 21.2 Å². The molecule has 0 fully saturated rings. The van der Waals surface area contributed by atoms with Crippen LogP contribution in [0.25, 0.3) is 10.1 Å². The second-order valence-electron chi connectivity index (χ2n) is 5.19. The van der Waals surface area contributed by atoms with Crippen LogP contribution < -0.4 is 11.1 Å². The van der Waals surface area contributed by atoms with Gasteiger partial charge in [0.1, 0.15) is 5.82 Å². The van der Waals surface area contributed by atoms with Crippen LogP contribution in [0.3, 0.4) is 0 Å². The SMILES string of the molecule is Nc1ccc2c(c1)CCC2Nc1nccc2sccc12. The van der Waals surface area contributed by atoms with Crippen LogP contribution in [-0.2, 0) is 6.42 Å². The first-order valence-corrected chi connectivity index (χ1v) is 7.66. The van der Waals surface area contributed by atoms with Gasteiger partial charge in [0, 0.05) is 22.0 Å². The minimum Gasteiger partial charge on any atom is -0.399 e. The summed E-state index contributed by atoms with van der Waals surface area (Å²) in [5, 5.41) is 6.92. The number of hydrogen-bond donors (Lipinski definition) is 2. The van der Waals surface area contributed by atoms with Crippen LogP contribution in [-0.4, -0.2) is 4.98 Å². The second-order valence-corrected chi connectivity index (χ2v) is 6.13. The van der Waals surface area contributed by atoms with E-state index >= 15 is 0 Å². The van der Waals surface area contributed by atoms with E-state index in [-0.39, 0.29) is 0 Å². The number of nitrogen functional groups attached to an aromatic ring is 1. The van der Waals surface area contributed by atoms with E-state index in [0.29, 0.717) is 6.04 Å². The third-order valence-corrected chi connectivity index (χ3v) is 4.82. The summed E-state index contributed by atoms with van der Waals surface area (Å²) in [5.74, 6) is 0.985. The van der Waals surface area contributed by atoms with Crippen LogP contribution in [0.4, 0.5) is 11.5 Å². The first-order chi connectivity index (χ1) is 9.81. The lowest BCUT2D eigenvalue weighted by Crippen LogP contribution is -2.08. The summed E-state index contributed by atoms with van der Waals surface area (Å²) < 4.78 is 1.28. The van der Waals surface area contributed by atoms with Crippen molar-refractivity contribution in [1.29, 1.82) is 0 Å². The van der Waals surface area contributed by atoms with Gasteiger partial charge in [0.2, 0.25) is 0 Å². The highest BCUT2D eigenvalue weighted by atomic mass is 32.1. The molecule has 0 spiro atoms. The first kappa shape index (κ1) is 11.7. The summed E-state index contributed by atoms with van der Waals surface area (Å²) in [6.45, 7) is 0. The van der Waals surface area contributed by atoms with Gasteiger partial charge in [-0.25, -0.2) is 4.98 Å². The van der Waals surface area contributed by atoms with Crippen LogP contribution in [0.5, 0.6) is 0 Å². The van der Waals surface area contributed by atoms with Crippen molar-refractivity contribution in [1.82, 2.24) is 4.98 Å². The topological polar surface area (TPSA) is 50.9 Å². The summed E-state index contributed by atoms with van der Waals surface area (Å²) in [6, 6.07) is 10.8. The van der Waals surface area contributed by atoms with Crippen molar-refractivity contribution in [2.75, 3.05) is 11.1 Å². The maximum Gasteiger partial charge on any atom is 0.135 e. The molecule has 0 radical (unpaired) electrons. The number of aryl methyl sites for hydroxylation is 1. The molecule has 0 aliphatic heterocycles. The van der Waals surface area contributed by atoms with Gasteiger partial charge in [-0.2, -0.15) is 0 Å². The quantitative estimate of drug-likeness (QED) is 0.699. The van der Waals surface area contributed by atoms with Crippen molar-refractivity contribution >= 4 is 32.9 Å². The molecule has 2 heterocycles. The van der Waals surface area contributed by atoms with Crippen molar-refractivity contribution in [3.63, 3.8) is 0 Å². The Morgan fingerprint density at radius 3 is 3.15 bits per heavy atom. The lowest BCUT2D eigenvalue weighted by atomic mass is 10.1. The molecular formula is C16H15N3S. The van der Waals surface area contributed by atoms with Crippen LogP contribution in [0.15, 0.2) is 41.9 Å². The molecule has 100 valence electrons. The Balaban J connectivity index is 1.70. The number of pyridine rings is 1. The molecule has 0 saturated heterocycles. The Kier molecular flexibility index (Phi) is 2.63. The van der Waals surface area contributed by atoms with Crippen molar-refractivity contribution in [2.45, 2.75) is 18.9 Å². The molecule has 3 aromatic rings. The fraction of sp³-hybridized carbons (Fsp3) is 0.188. The van der Waals surface area contributed by atoms with Gasteiger partial charge < -0.3 is 11.1 Å². The summed E-state index contributed by atoms with van der Waals surface area (Å²) >= 11 is 1.75. The molecule has 4 heteroatoms. The number of hydrogen-bond acceptors (Lipinski definition) is 4. The van der Waals surface area contributed by atoms with Crippen LogP contribution in [0.2, 0.25) is 0 Å². The third kappa shape index (κ3) is 1.84. The van der Waals surface area contributed by atoms with E-state index < -0.39 is 0 Å². The molecule has 1 aromatic carbocycles. The summed E-state index contributed by atoms with van der Waals surface area (Å²) in [4.78, 5) is 4.50. The Hall–Kier alpha value is -2.07. The molecule has 3 N–H and O–H groups in total. The molecule has 20 heavy (non-hydrogen) atoms. The van der Waals surface area contributed by atoms with E-state index in [9.17, 15) is 0 Å². The third-order valence-electron chi connectivity index (χ3n) is 3.94. The van der Waals surface area contributed by atoms with Gasteiger partial charge in [0.15, 0.2) is 0 Å². The zero-order valence-corrected chi connectivity index (χ0v) is 11.8. The summed E-state index contributed by atoms with van der Waals surface area (Å²) in [5.41, 5.74) is 9.42. The molecule has 1 aliphatic carbocycles. The van der Waals surface area contributed by atoms with Crippen molar-refractivity contribution in [2.24, 2.45) is 0 Å². The fourth-order valence-corrected chi connectivity index (χ4v) is 3.74. The first-order valence-electron chi connectivity index (χ1n) is 6.78. The number of fused-ring (bicyclic) bond motifs is 2. The van der Waals surface area contributed by atoms with Crippen LogP contribution in [0, 0.1) is 0 Å². The Labute approximate surface area is 121 Å². The predicted molar refractivity (Wildman–Crippen MR) is 85.2 cm³/mol. The molecule has 0 amide bonds. The zero-order valence-electron chi connectivity index (χ0n) is 11.0.